The molecule has 5 heteroatoms. The van der Waals surface area contributed by atoms with Crippen LogP contribution in [0.5, 0.6) is 0 Å². The summed E-state index contributed by atoms with van der Waals surface area (Å²) >= 11 is 0. The molecule has 2 aromatic rings. The van der Waals surface area contributed by atoms with Gasteiger partial charge in [0.05, 0.1) is 6.20 Å². The van der Waals surface area contributed by atoms with Gasteiger partial charge in [0, 0.05) is 29.6 Å². The Bertz CT molecular complexity index is 518. The molecule has 0 unspecified atom stereocenters. The van der Waals surface area contributed by atoms with Crippen LogP contribution in [0.3, 0.4) is 0 Å². The van der Waals surface area contributed by atoms with Crippen molar-refractivity contribution >= 4 is 0 Å². The van der Waals surface area contributed by atoms with Gasteiger partial charge in [0.1, 0.15) is 6.33 Å². The zero-order chi connectivity index (χ0) is 13.0. The molecule has 0 amide bonds. The fourth-order valence-electron chi connectivity index (χ4n) is 1.80. The number of nitrogens with one attached hydrogen (secondary N) is 1. The van der Waals surface area contributed by atoms with E-state index in [1.165, 1.54) is 5.56 Å². The second kappa shape index (κ2) is 5.73. The molecule has 0 atom stereocenters. The Morgan fingerprint density at radius 2 is 2.11 bits per heavy atom. The lowest BCUT2D eigenvalue weighted by Gasteiger charge is -2.05. The molecular weight excluding hydrogens is 226 g/mol. The predicted octanol–water partition coefficient (Wildman–Crippen LogP) is 1.78. The van der Waals surface area contributed by atoms with Gasteiger partial charge >= 0.3 is 0 Å². The van der Waals surface area contributed by atoms with E-state index >= 15 is 0 Å². The third-order valence-corrected chi connectivity index (χ3v) is 2.86. The van der Waals surface area contributed by atoms with Gasteiger partial charge < -0.3 is 5.32 Å². The van der Waals surface area contributed by atoms with E-state index in [1.54, 1.807) is 6.33 Å². The lowest BCUT2D eigenvalue weighted by molar-refractivity contribution is 0.672. The van der Waals surface area contributed by atoms with E-state index < -0.39 is 0 Å². The van der Waals surface area contributed by atoms with E-state index in [0.717, 1.165) is 36.7 Å². The first-order valence-corrected chi connectivity index (χ1v) is 6.25. The van der Waals surface area contributed by atoms with Gasteiger partial charge in [-0.05, 0) is 26.8 Å². The molecule has 0 bridgehead atoms. The average Bonchev–Trinajstić information content (AvgIpc) is 2.72. The minimum atomic E-state index is 0.821. The molecule has 0 aromatic carbocycles. The fraction of sp³-hybridized carbons (Fsp3) is 0.462. The summed E-state index contributed by atoms with van der Waals surface area (Å²) < 4.78 is 1.86. The number of hydrogen-bond acceptors (Lipinski definition) is 4. The molecule has 96 valence electrons. The van der Waals surface area contributed by atoms with Crippen LogP contribution in [-0.2, 0) is 6.54 Å². The predicted molar refractivity (Wildman–Crippen MR) is 70.6 cm³/mol. The second-order valence-electron chi connectivity index (χ2n) is 4.36. The Labute approximate surface area is 107 Å². The molecule has 18 heavy (non-hydrogen) atoms. The van der Waals surface area contributed by atoms with Crippen LogP contribution in [-0.4, -0.2) is 26.3 Å². The highest BCUT2D eigenvalue weighted by Gasteiger charge is 2.08. The molecule has 0 aliphatic rings. The summed E-state index contributed by atoms with van der Waals surface area (Å²) in [7, 11) is 0. The van der Waals surface area contributed by atoms with Gasteiger partial charge in [0.25, 0.3) is 0 Å². The van der Waals surface area contributed by atoms with Gasteiger partial charge in [-0.3, -0.25) is 0 Å². The Kier molecular flexibility index (Phi) is 4.04. The van der Waals surface area contributed by atoms with Crippen molar-refractivity contribution < 1.29 is 0 Å². The Hall–Kier alpha value is -1.75. The molecule has 0 saturated carbocycles. The van der Waals surface area contributed by atoms with Crippen LogP contribution in [0.2, 0.25) is 0 Å². The van der Waals surface area contributed by atoms with Crippen molar-refractivity contribution in [3.05, 3.63) is 35.5 Å². The van der Waals surface area contributed by atoms with Gasteiger partial charge in [0.15, 0.2) is 5.82 Å². The van der Waals surface area contributed by atoms with Crippen molar-refractivity contribution in [1.29, 1.82) is 0 Å². The number of rotatable bonds is 5. The summed E-state index contributed by atoms with van der Waals surface area (Å²) in [6.45, 7) is 8.05. The third kappa shape index (κ3) is 2.73. The van der Waals surface area contributed by atoms with Crippen molar-refractivity contribution in [2.75, 3.05) is 6.54 Å². The Morgan fingerprint density at radius 3 is 2.83 bits per heavy atom. The molecule has 0 aliphatic heterocycles. The fourth-order valence-corrected chi connectivity index (χ4v) is 1.80. The minimum Gasteiger partial charge on any atom is -0.313 e. The van der Waals surface area contributed by atoms with Gasteiger partial charge in [-0.2, -0.15) is 5.10 Å². The summed E-state index contributed by atoms with van der Waals surface area (Å²) in [5.74, 6) is 0.821. The molecule has 0 fully saturated rings. The molecule has 1 N–H and O–H groups in total. The van der Waals surface area contributed by atoms with E-state index in [1.807, 2.05) is 23.9 Å². The van der Waals surface area contributed by atoms with Crippen molar-refractivity contribution in [2.45, 2.75) is 33.7 Å². The molecular formula is C13H19N5. The molecule has 2 aromatic heterocycles. The molecule has 2 rings (SSSR count). The monoisotopic (exact) mass is 245 g/mol. The maximum absolute atomic E-state index is 4.39. The maximum Gasteiger partial charge on any atom is 0.157 e. The van der Waals surface area contributed by atoms with E-state index in [-0.39, 0.29) is 0 Å². The molecule has 0 saturated heterocycles. The number of aryl methyl sites for hydroxylation is 1. The maximum atomic E-state index is 4.39. The zero-order valence-corrected chi connectivity index (χ0v) is 11.1. The average molecular weight is 245 g/mol. The van der Waals surface area contributed by atoms with E-state index in [9.17, 15) is 0 Å². The van der Waals surface area contributed by atoms with Gasteiger partial charge in [-0.15, -0.1) is 0 Å². The largest absolute Gasteiger partial charge is 0.313 e. The van der Waals surface area contributed by atoms with Crippen LogP contribution < -0.4 is 5.32 Å². The van der Waals surface area contributed by atoms with E-state index in [2.05, 4.69) is 34.2 Å². The lowest BCUT2D eigenvalue weighted by atomic mass is 10.2. The zero-order valence-electron chi connectivity index (χ0n) is 11.1. The van der Waals surface area contributed by atoms with E-state index in [4.69, 9.17) is 0 Å². The van der Waals surface area contributed by atoms with Crippen molar-refractivity contribution in [3.63, 3.8) is 0 Å². The highest BCUT2D eigenvalue weighted by molar-refractivity contribution is 5.28. The first kappa shape index (κ1) is 12.7. The Balaban J connectivity index is 2.20. The van der Waals surface area contributed by atoms with Crippen LogP contribution in [0.1, 0.15) is 30.3 Å². The molecule has 0 spiro atoms. The number of aromatic nitrogens is 4. The van der Waals surface area contributed by atoms with Crippen LogP contribution >= 0.6 is 0 Å². The molecule has 5 nitrogen and oxygen atoms in total. The smallest absolute Gasteiger partial charge is 0.157 e. The highest BCUT2D eigenvalue weighted by atomic mass is 15.3. The van der Waals surface area contributed by atoms with Crippen LogP contribution in [0, 0.1) is 13.8 Å². The van der Waals surface area contributed by atoms with Gasteiger partial charge in [-0.25, -0.2) is 14.6 Å². The molecule has 2 heterocycles. The van der Waals surface area contributed by atoms with E-state index in [0.29, 0.717) is 0 Å². The standard InChI is InChI=1S/C13H19N5/c1-4-5-14-7-12-8-17-18(11(12)3)13-6-10(2)15-9-16-13/h6,8-9,14H,4-5,7H2,1-3H3. The normalized spacial score (nSPS) is 10.8. The third-order valence-electron chi connectivity index (χ3n) is 2.86. The topological polar surface area (TPSA) is 55.6 Å². The molecule has 0 aliphatic carbocycles. The summed E-state index contributed by atoms with van der Waals surface area (Å²) in [6.07, 6.45) is 4.61. The second-order valence-corrected chi connectivity index (χ2v) is 4.36. The van der Waals surface area contributed by atoms with Crippen molar-refractivity contribution in [3.8, 4) is 5.82 Å². The SMILES string of the molecule is CCCNCc1cnn(-c2cc(C)ncn2)c1C. The summed E-state index contributed by atoms with van der Waals surface area (Å²) in [4.78, 5) is 8.35. The quantitative estimate of drug-likeness (QED) is 0.816. The van der Waals surface area contributed by atoms with Crippen LogP contribution in [0.4, 0.5) is 0 Å². The molecule has 0 radical (unpaired) electrons. The summed E-state index contributed by atoms with van der Waals surface area (Å²) in [6, 6.07) is 1.93. The van der Waals surface area contributed by atoms with Crippen molar-refractivity contribution in [2.24, 2.45) is 0 Å². The highest BCUT2D eigenvalue weighted by Crippen LogP contribution is 2.12. The van der Waals surface area contributed by atoms with Crippen molar-refractivity contribution in [1.82, 2.24) is 25.1 Å². The first-order valence-electron chi connectivity index (χ1n) is 6.25. The van der Waals surface area contributed by atoms with Gasteiger partial charge in [-0.1, -0.05) is 6.92 Å². The lowest BCUT2D eigenvalue weighted by Crippen LogP contribution is -2.14. The van der Waals surface area contributed by atoms with Crippen LogP contribution in [0.15, 0.2) is 18.6 Å². The number of hydrogen-bond donors (Lipinski definition) is 1. The van der Waals surface area contributed by atoms with Crippen LogP contribution in [0.25, 0.3) is 5.82 Å². The van der Waals surface area contributed by atoms with Gasteiger partial charge in [0.2, 0.25) is 0 Å². The first-order chi connectivity index (χ1) is 8.72. The Morgan fingerprint density at radius 1 is 1.28 bits per heavy atom. The minimum absolute atomic E-state index is 0.821. The summed E-state index contributed by atoms with van der Waals surface area (Å²) in [5.41, 5.74) is 3.27. The summed E-state index contributed by atoms with van der Waals surface area (Å²) in [5, 5.41) is 7.77. The number of nitrogens with zero attached hydrogens (tertiary/aromatic N) is 4.